The molecule has 0 saturated carbocycles. The van der Waals surface area contributed by atoms with E-state index < -0.39 is 31.8 Å². The van der Waals surface area contributed by atoms with Crippen molar-refractivity contribution in [3.63, 3.8) is 0 Å². The number of esters is 3. The fourth-order valence-corrected chi connectivity index (χ4v) is 16.5. The van der Waals surface area contributed by atoms with E-state index in [-0.39, 0.29) is 165 Å². The maximum Gasteiger partial charge on any atom is 1.00 e. The second-order valence-electron chi connectivity index (χ2n) is 26.2. The Hall–Kier alpha value is 1.34. The molecule has 8 rings (SSSR count). The minimum Gasteiger partial charge on any atom is -1.00 e. The normalized spacial score (nSPS) is 11.6. The number of carboxylic acid groups (broad SMARTS) is 2. The van der Waals surface area contributed by atoms with Crippen molar-refractivity contribution in [2.75, 3.05) is 97.5 Å². The van der Waals surface area contributed by atoms with Crippen LogP contribution in [-0.4, -0.2) is 182 Å². The first kappa shape index (κ1) is 131. The van der Waals surface area contributed by atoms with E-state index in [2.05, 4.69) is 166 Å². The van der Waals surface area contributed by atoms with Crippen LogP contribution < -0.4 is 119 Å². The number of carbonyl (C=O) groups excluding carboxylic acids is 7. The number of anilines is 1. The monoisotopic (exact) mass is 2790 g/mol. The first-order chi connectivity index (χ1) is 58.8. The molecule has 23 nitrogen and oxygen atoms in total. The summed E-state index contributed by atoms with van der Waals surface area (Å²) < 4.78 is 61.7. The second kappa shape index (κ2) is 77.2. The number of nitrogens with zero attached hydrogens (tertiary/aromatic N) is 3. The molecule has 2 fully saturated rings. The smallest absolute Gasteiger partial charge is 1.00 e. The van der Waals surface area contributed by atoms with E-state index in [1.807, 2.05) is 53.7 Å². The van der Waals surface area contributed by atoms with Crippen LogP contribution >= 0.6 is 291 Å². The van der Waals surface area contributed by atoms with Crippen LogP contribution in [0.15, 0.2) is 72.8 Å². The number of nitrogens with one attached hydrogen (secondary N) is 1. The molecular weight excluding hydrogens is 2700 g/mol. The van der Waals surface area contributed by atoms with Gasteiger partial charge < -0.3 is 71.2 Å². The summed E-state index contributed by atoms with van der Waals surface area (Å²) >= 11 is 86.0. The fourth-order valence-electron chi connectivity index (χ4n) is 8.98. The number of piperazine rings is 2. The van der Waals surface area contributed by atoms with Gasteiger partial charge >= 0.3 is 145 Å². The molecule has 46 heteroatoms. The number of alkyl halides is 3. The third-order valence-electron chi connectivity index (χ3n) is 14.6. The van der Waals surface area contributed by atoms with Gasteiger partial charge in [-0.15, -0.1) is 0 Å². The van der Waals surface area contributed by atoms with Crippen molar-refractivity contribution in [1.29, 1.82) is 0 Å². The summed E-state index contributed by atoms with van der Waals surface area (Å²) in [6.45, 7) is 22.9. The number of aryl methyl sites for hydroxylation is 5. The Bertz CT molecular complexity index is 4210. The summed E-state index contributed by atoms with van der Waals surface area (Å²) in [6, 6.07) is 21.1. The van der Waals surface area contributed by atoms with Crippen molar-refractivity contribution >= 4 is 351 Å². The van der Waals surface area contributed by atoms with E-state index in [9.17, 15) is 47.1 Å². The van der Waals surface area contributed by atoms with E-state index in [4.69, 9.17) is 187 Å². The minimum absolute atomic E-state index is 0. The van der Waals surface area contributed by atoms with Gasteiger partial charge in [0.15, 0.2) is 0 Å². The summed E-state index contributed by atoms with van der Waals surface area (Å²) in [7, 11) is -2.00. The van der Waals surface area contributed by atoms with Gasteiger partial charge in [-0.1, -0.05) is 155 Å². The zero-order chi connectivity index (χ0) is 97.3. The first-order valence-electron chi connectivity index (χ1n) is 37.6. The largest absolute Gasteiger partial charge is 1.00 e. The summed E-state index contributed by atoms with van der Waals surface area (Å²) in [5, 5.41) is 35.0. The molecule has 0 radical (unpaired) electrons. The second-order valence-corrected chi connectivity index (χ2v) is 38.6. The van der Waals surface area contributed by atoms with Crippen molar-refractivity contribution in [1.82, 2.24) is 20.0 Å². The SMILES string of the molecule is CC(C)(C)OC(=O)N1CCN(C(=O)CCc2cc(Cl)c(Cl)cc2I)CC1.CC(C)(C)OC(=O)N1CCNCC1.CCOC(=O)CBr.CCOC(=O)CCc1cc(Cl)c(Cl)cc1I.CCOC(=O)CCc1cc(Cl)c(Cl)cc1I.Nc1cc(Cl)c(Cl)cc1I.O=C(O)CCc1cc(Cl)c(Cl)cc1I.O=C(O)CCc1cc(Cl)c(Cl)cc1I.O=CO[O-].[2H]CF.[2H]CF.[H-].[K+].[K+]. The average molecular weight is 2800 g/mol. The predicted octanol–water partition coefficient (Wildman–Crippen LogP) is 18.7. The molecule has 2 saturated heterocycles. The standard InChI is InChI=1S/C18H23Cl2IN2O3.2C11H11Cl2IO2.2C9H7Cl2IO2.C9H18N2O2.C6H4Cl2IN.C4H7BrO2.2CH3F.CH2O3.2K.H/c1-18(2,3)26-17(25)23-8-6-22(7-9-23)16(24)5-4-12-10-13(19)14(20)11-15(12)21;2*1-2-16-11(15)4-3-7-5-8(12)9(13)6-10(7)14;2*10-6-3-5(1-2-9(13)14)8(12)4-7(6)11;1-9(2,3)13-8(12)11-6-4-10-5-7-11;7-3-1-5(9)6(10)2-4(3)8;1-2-7-4(6)3-5;2*1-2;2-1-4-3;;;/h10-11H,4-9H2,1-3H3;2*5-6H,2-4H2,1H3;2*3-4H,1-2H2,(H,13,14);10H,4-7H2,1-3H3;1-2H,10H2;2-3H2,1H3;2*1H3;1,3H;;;/q;;;;;;;;;;;2*+1;-1/p-1/i;;;;;;;;2*1D;;;;. The number of aliphatic carboxylic acids is 2. The van der Waals surface area contributed by atoms with E-state index in [1.165, 1.54) is 0 Å². The number of carboxylic acids is 2. The molecule has 2 aliphatic rings. The molecule has 6 aromatic carbocycles. The molecular formula is C80H96BrCl12F2I6K2N5O18. The Morgan fingerprint density at radius 3 is 0.921 bits per heavy atom. The molecule has 0 unspecified atom stereocenters. The number of benzene rings is 6. The Kier molecular flexibility index (Phi) is 80.6. The summed E-state index contributed by atoms with van der Waals surface area (Å²) in [5.41, 5.74) is 10.2. The van der Waals surface area contributed by atoms with Crippen molar-refractivity contribution < 1.29 is 203 Å². The van der Waals surface area contributed by atoms with Gasteiger partial charge in [-0.05, 0) is 331 Å². The van der Waals surface area contributed by atoms with Crippen LogP contribution in [0.4, 0.5) is 24.1 Å². The molecule has 2 aliphatic heterocycles. The molecule has 5 N–H and O–H groups in total. The Labute approximate surface area is 975 Å². The Morgan fingerprint density at radius 2 is 0.683 bits per heavy atom. The van der Waals surface area contributed by atoms with Crippen LogP contribution in [0.25, 0.3) is 0 Å². The minimum atomic E-state index is -1.00. The zero-order valence-electron chi connectivity index (χ0n) is 73.3. The van der Waals surface area contributed by atoms with Crippen molar-refractivity contribution in [2.45, 2.75) is 138 Å². The predicted molar refractivity (Wildman–Crippen MR) is 547 cm³/mol. The molecule has 0 aromatic heterocycles. The molecule has 0 aliphatic carbocycles. The average Bonchev–Trinajstić information content (AvgIpc) is 0.836. The zero-order valence-corrected chi connectivity index (χ0v) is 100. The van der Waals surface area contributed by atoms with Gasteiger partial charge in [-0.2, -0.15) is 0 Å². The van der Waals surface area contributed by atoms with Crippen LogP contribution in [-0.2, 0) is 94.2 Å². The van der Waals surface area contributed by atoms with Gasteiger partial charge in [0.1, 0.15) is 16.5 Å². The maximum absolute atomic E-state index is 12.5. The molecule has 0 bridgehead atoms. The summed E-state index contributed by atoms with van der Waals surface area (Å²) in [6.07, 6.45) is 3.62. The van der Waals surface area contributed by atoms with Crippen LogP contribution in [0, 0.1) is 21.4 Å². The number of amides is 3. The number of rotatable bonds is 20. The van der Waals surface area contributed by atoms with Crippen LogP contribution in [0.2, 0.25) is 60.3 Å². The number of hydrogen-bond donors (Lipinski definition) is 4. The van der Waals surface area contributed by atoms with Crippen LogP contribution in [0.3, 0.4) is 0 Å². The number of nitrogen functional groups attached to an aromatic ring is 1. The topological polar surface area (TPSA) is 320 Å². The van der Waals surface area contributed by atoms with Crippen LogP contribution in [0.5, 0.6) is 0 Å². The molecule has 698 valence electrons. The number of ether oxygens (including phenoxy) is 5. The molecule has 126 heavy (non-hydrogen) atoms. The number of halogens is 21. The van der Waals surface area contributed by atoms with Crippen LogP contribution in [0.1, 0.15) is 126 Å². The van der Waals surface area contributed by atoms with Crippen molar-refractivity contribution in [2.24, 2.45) is 0 Å². The van der Waals surface area contributed by atoms with Crippen molar-refractivity contribution in [3.8, 4) is 0 Å². The van der Waals surface area contributed by atoms with E-state index >= 15 is 0 Å². The first-order valence-corrected chi connectivity index (χ1v) is 48.3. The van der Waals surface area contributed by atoms with E-state index in [0.29, 0.717) is 169 Å². The molecule has 0 atom stereocenters. The number of carbonyl (C=O) groups is 9. The van der Waals surface area contributed by atoms with Gasteiger partial charge in [-0.25, -0.2) is 9.59 Å². The maximum atomic E-state index is 12.5. The fraction of sp³-hybridized carbons (Fsp3) is 0.438. The molecule has 2 heterocycles. The summed E-state index contributed by atoms with van der Waals surface area (Å²) in [4.78, 5) is 106. The van der Waals surface area contributed by atoms with Gasteiger partial charge in [0.05, 0.1) is 97.1 Å². The van der Waals surface area contributed by atoms with E-state index in [0.717, 1.165) is 75.4 Å². The third-order valence-corrected chi connectivity index (χ3v) is 25.4. The summed E-state index contributed by atoms with van der Waals surface area (Å²) in [5.74, 6) is -2.13. The molecule has 3 amide bonds. The van der Waals surface area contributed by atoms with Gasteiger partial charge in [-0.3, -0.25) is 42.3 Å². The third kappa shape index (κ3) is 63.8. The Morgan fingerprint density at radius 1 is 0.452 bits per heavy atom. The molecule has 0 spiro atoms. The quantitative estimate of drug-likeness (QED) is 0.00527. The van der Waals surface area contributed by atoms with Crippen molar-refractivity contribution in [3.05, 3.63) is 182 Å². The Balaban J connectivity index is -0.000000335. The van der Waals surface area contributed by atoms with Gasteiger partial charge in [0.2, 0.25) is 5.91 Å². The van der Waals surface area contributed by atoms with E-state index in [1.54, 1.807) is 96.1 Å². The van der Waals surface area contributed by atoms with Gasteiger partial charge in [0, 0.05) is 112 Å². The number of nitrogens with two attached hydrogens (primary N) is 1. The van der Waals surface area contributed by atoms with Gasteiger partial charge in [0.25, 0.3) is 6.47 Å². The molecule has 6 aromatic rings. The number of hydrogen-bond acceptors (Lipinski definition) is 18.